The first-order valence-corrected chi connectivity index (χ1v) is 7.53. The van der Waals surface area contributed by atoms with Gasteiger partial charge in [0, 0.05) is 11.6 Å². The Morgan fingerprint density at radius 2 is 1.78 bits per heavy atom. The standard InChI is InChI=1S/C16H26ClN/c1-3-4-5-6-7-8-12-18(2)14-15-10-9-11-16(17)13-15/h9-11,13H,3-8,12,14H2,1-2H3. The summed E-state index contributed by atoms with van der Waals surface area (Å²) in [6.07, 6.45) is 8.17. The van der Waals surface area contributed by atoms with Gasteiger partial charge < -0.3 is 4.90 Å². The molecule has 0 heterocycles. The first-order valence-electron chi connectivity index (χ1n) is 7.15. The highest BCUT2D eigenvalue weighted by Crippen LogP contribution is 2.12. The Morgan fingerprint density at radius 3 is 2.50 bits per heavy atom. The SMILES string of the molecule is CCCCCCCCN(C)Cc1cccc(Cl)c1. The number of hydrogen-bond donors (Lipinski definition) is 0. The van der Waals surface area contributed by atoms with Crippen LogP contribution in [0.1, 0.15) is 51.0 Å². The van der Waals surface area contributed by atoms with Gasteiger partial charge in [-0.1, -0.05) is 62.8 Å². The summed E-state index contributed by atoms with van der Waals surface area (Å²) in [5.41, 5.74) is 1.30. The number of hydrogen-bond acceptors (Lipinski definition) is 1. The summed E-state index contributed by atoms with van der Waals surface area (Å²) in [5.74, 6) is 0. The minimum atomic E-state index is 0.834. The Kier molecular flexibility index (Phi) is 8.11. The van der Waals surface area contributed by atoms with Crippen molar-refractivity contribution in [1.82, 2.24) is 4.90 Å². The molecule has 0 unspecified atom stereocenters. The third-order valence-electron chi connectivity index (χ3n) is 3.23. The second-order valence-corrected chi connectivity index (χ2v) is 5.57. The maximum Gasteiger partial charge on any atom is 0.0409 e. The van der Waals surface area contributed by atoms with Crippen molar-refractivity contribution < 1.29 is 0 Å². The lowest BCUT2D eigenvalue weighted by Gasteiger charge is -2.16. The van der Waals surface area contributed by atoms with Gasteiger partial charge >= 0.3 is 0 Å². The minimum Gasteiger partial charge on any atom is -0.302 e. The zero-order chi connectivity index (χ0) is 13.2. The van der Waals surface area contributed by atoms with Gasteiger partial charge in [-0.15, -0.1) is 0 Å². The Labute approximate surface area is 117 Å². The molecule has 0 atom stereocenters. The molecular formula is C16H26ClN. The summed E-state index contributed by atoms with van der Waals surface area (Å²) >= 11 is 5.99. The lowest BCUT2D eigenvalue weighted by atomic mass is 10.1. The lowest BCUT2D eigenvalue weighted by molar-refractivity contribution is 0.316. The predicted octanol–water partition coefficient (Wildman–Crippen LogP) is 5.13. The smallest absolute Gasteiger partial charge is 0.0409 e. The van der Waals surface area contributed by atoms with Crippen molar-refractivity contribution in [3.63, 3.8) is 0 Å². The molecule has 0 aliphatic heterocycles. The van der Waals surface area contributed by atoms with Gasteiger partial charge in [-0.05, 0) is 37.7 Å². The van der Waals surface area contributed by atoms with E-state index in [9.17, 15) is 0 Å². The molecule has 0 saturated heterocycles. The molecule has 0 saturated carbocycles. The molecule has 1 aromatic rings. The highest BCUT2D eigenvalue weighted by Gasteiger charge is 2.00. The van der Waals surface area contributed by atoms with Crippen LogP contribution >= 0.6 is 11.6 Å². The summed E-state index contributed by atoms with van der Waals surface area (Å²) < 4.78 is 0. The molecule has 1 aromatic carbocycles. The lowest BCUT2D eigenvalue weighted by Crippen LogP contribution is -2.19. The molecule has 0 fully saturated rings. The van der Waals surface area contributed by atoms with Gasteiger partial charge in [0.1, 0.15) is 0 Å². The van der Waals surface area contributed by atoms with E-state index in [1.807, 2.05) is 12.1 Å². The second kappa shape index (κ2) is 9.41. The monoisotopic (exact) mass is 267 g/mol. The topological polar surface area (TPSA) is 3.24 Å². The molecule has 1 rings (SSSR count). The fraction of sp³-hybridized carbons (Fsp3) is 0.625. The van der Waals surface area contributed by atoms with E-state index in [1.54, 1.807) is 0 Å². The quantitative estimate of drug-likeness (QED) is 0.561. The van der Waals surface area contributed by atoms with Crippen molar-refractivity contribution >= 4 is 11.6 Å². The molecule has 0 spiro atoms. The molecule has 0 aliphatic carbocycles. The van der Waals surface area contributed by atoms with Crippen molar-refractivity contribution in [3.05, 3.63) is 34.9 Å². The average Bonchev–Trinajstić information content (AvgIpc) is 2.33. The van der Waals surface area contributed by atoms with E-state index in [2.05, 4.69) is 31.0 Å². The van der Waals surface area contributed by atoms with Crippen molar-refractivity contribution in [2.75, 3.05) is 13.6 Å². The van der Waals surface area contributed by atoms with Crippen LogP contribution in [0, 0.1) is 0 Å². The maximum atomic E-state index is 5.99. The third-order valence-corrected chi connectivity index (χ3v) is 3.47. The first-order chi connectivity index (χ1) is 8.72. The summed E-state index contributed by atoms with van der Waals surface area (Å²) in [7, 11) is 2.19. The van der Waals surface area contributed by atoms with Crippen molar-refractivity contribution in [3.8, 4) is 0 Å². The van der Waals surface area contributed by atoms with E-state index < -0.39 is 0 Å². The van der Waals surface area contributed by atoms with E-state index in [-0.39, 0.29) is 0 Å². The zero-order valence-electron chi connectivity index (χ0n) is 11.8. The predicted molar refractivity (Wildman–Crippen MR) is 81.2 cm³/mol. The Hall–Kier alpha value is -0.530. The zero-order valence-corrected chi connectivity index (χ0v) is 12.5. The van der Waals surface area contributed by atoms with E-state index >= 15 is 0 Å². The van der Waals surface area contributed by atoms with Crippen LogP contribution < -0.4 is 0 Å². The van der Waals surface area contributed by atoms with Crippen LogP contribution in [0.3, 0.4) is 0 Å². The van der Waals surface area contributed by atoms with Gasteiger partial charge in [-0.3, -0.25) is 0 Å². The molecule has 102 valence electrons. The minimum absolute atomic E-state index is 0.834. The summed E-state index contributed by atoms with van der Waals surface area (Å²) in [4.78, 5) is 2.38. The Bertz CT molecular complexity index is 325. The van der Waals surface area contributed by atoms with Crippen LogP contribution in [0.25, 0.3) is 0 Å². The van der Waals surface area contributed by atoms with Crippen LogP contribution in [0.5, 0.6) is 0 Å². The molecule has 0 radical (unpaired) electrons. The molecule has 0 amide bonds. The average molecular weight is 268 g/mol. The third kappa shape index (κ3) is 7.03. The van der Waals surface area contributed by atoms with Crippen LogP contribution in [-0.4, -0.2) is 18.5 Å². The number of benzene rings is 1. The van der Waals surface area contributed by atoms with Gasteiger partial charge in [0.2, 0.25) is 0 Å². The number of rotatable bonds is 9. The molecule has 18 heavy (non-hydrogen) atoms. The van der Waals surface area contributed by atoms with Crippen LogP contribution in [0.4, 0.5) is 0 Å². The summed E-state index contributed by atoms with van der Waals surface area (Å²) in [6.45, 7) is 4.44. The van der Waals surface area contributed by atoms with E-state index in [0.717, 1.165) is 11.6 Å². The first kappa shape index (κ1) is 15.5. The van der Waals surface area contributed by atoms with Crippen molar-refractivity contribution in [2.24, 2.45) is 0 Å². The molecule has 0 N–H and O–H groups in total. The van der Waals surface area contributed by atoms with Gasteiger partial charge in [0.15, 0.2) is 0 Å². The molecule has 0 aliphatic rings. The normalized spacial score (nSPS) is 11.1. The summed E-state index contributed by atoms with van der Waals surface area (Å²) in [6, 6.07) is 8.15. The van der Waals surface area contributed by atoms with Crippen molar-refractivity contribution in [2.45, 2.75) is 52.0 Å². The highest BCUT2D eigenvalue weighted by atomic mass is 35.5. The van der Waals surface area contributed by atoms with Gasteiger partial charge in [-0.2, -0.15) is 0 Å². The molecule has 1 nitrogen and oxygen atoms in total. The molecule has 0 aromatic heterocycles. The van der Waals surface area contributed by atoms with Gasteiger partial charge in [0.05, 0.1) is 0 Å². The van der Waals surface area contributed by atoms with E-state index in [1.165, 1.54) is 50.6 Å². The Morgan fingerprint density at radius 1 is 1.06 bits per heavy atom. The van der Waals surface area contributed by atoms with Crippen LogP contribution in [-0.2, 0) is 6.54 Å². The van der Waals surface area contributed by atoms with E-state index in [4.69, 9.17) is 11.6 Å². The molecule has 2 heteroatoms. The second-order valence-electron chi connectivity index (χ2n) is 5.14. The van der Waals surface area contributed by atoms with Crippen LogP contribution in [0.15, 0.2) is 24.3 Å². The largest absolute Gasteiger partial charge is 0.302 e. The van der Waals surface area contributed by atoms with Crippen LogP contribution in [0.2, 0.25) is 5.02 Å². The number of halogens is 1. The Balaban J connectivity index is 2.12. The van der Waals surface area contributed by atoms with E-state index in [0.29, 0.717) is 0 Å². The number of unbranched alkanes of at least 4 members (excludes halogenated alkanes) is 5. The van der Waals surface area contributed by atoms with Gasteiger partial charge in [0.25, 0.3) is 0 Å². The maximum absolute atomic E-state index is 5.99. The molecule has 0 bridgehead atoms. The van der Waals surface area contributed by atoms with Crippen molar-refractivity contribution in [1.29, 1.82) is 0 Å². The molecular weight excluding hydrogens is 242 g/mol. The highest BCUT2D eigenvalue weighted by molar-refractivity contribution is 6.30. The number of nitrogens with zero attached hydrogens (tertiary/aromatic N) is 1. The van der Waals surface area contributed by atoms with Gasteiger partial charge in [-0.25, -0.2) is 0 Å². The fourth-order valence-corrected chi connectivity index (χ4v) is 2.40. The fourth-order valence-electron chi connectivity index (χ4n) is 2.19. The summed E-state index contributed by atoms with van der Waals surface area (Å²) in [5, 5.41) is 0.834.